The second-order valence-corrected chi connectivity index (χ2v) is 10.2. The summed E-state index contributed by atoms with van der Waals surface area (Å²) in [6, 6.07) is 5.95. The average molecular weight is 388 g/mol. The topological polar surface area (TPSA) is 87.0 Å². The molecule has 1 aromatic rings. The predicted molar refractivity (Wildman–Crippen MR) is 102 cm³/mol. The van der Waals surface area contributed by atoms with Gasteiger partial charge in [-0.2, -0.15) is 12.8 Å². The van der Waals surface area contributed by atoms with E-state index in [4.69, 9.17) is 0 Å². The first kappa shape index (κ1) is 18.2. The van der Waals surface area contributed by atoms with E-state index in [0.29, 0.717) is 18.0 Å². The second kappa shape index (κ2) is 5.92. The fraction of sp³-hybridized carbons (Fsp3) is 0.500. The number of aliphatic hydroxyl groups excluding tert-OH is 1. The Morgan fingerprint density at radius 1 is 1.22 bits per heavy atom. The van der Waals surface area contributed by atoms with E-state index >= 15 is 0 Å². The van der Waals surface area contributed by atoms with Crippen LogP contribution >= 0.6 is 0 Å². The number of amides is 1. The SMILES string of the molecule is CC(C)(C)[C@H]1C(O)=C(C2=NS(=O)(=O)c3ccccc32)C(=O)N1CCC1CC1. The third kappa shape index (κ3) is 2.98. The highest BCUT2D eigenvalue weighted by Crippen LogP contribution is 2.41. The van der Waals surface area contributed by atoms with Gasteiger partial charge in [-0.3, -0.25) is 4.79 Å². The molecule has 4 rings (SSSR count). The molecule has 0 saturated heterocycles. The van der Waals surface area contributed by atoms with Crippen LogP contribution in [0.1, 0.15) is 45.6 Å². The first-order valence-corrected chi connectivity index (χ1v) is 10.7. The Morgan fingerprint density at radius 2 is 1.89 bits per heavy atom. The zero-order valence-corrected chi connectivity index (χ0v) is 16.6. The van der Waals surface area contributed by atoms with Crippen molar-refractivity contribution in [2.75, 3.05) is 6.54 Å². The fourth-order valence-corrected chi connectivity index (χ4v) is 5.22. The van der Waals surface area contributed by atoms with Gasteiger partial charge in [0.15, 0.2) is 0 Å². The van der Waals surface area contributed by atoms with Gasteiger partial charge in [-0.1, -0.05) is 51.8 Å². The molecule has 1 saturated carbocycles. The van der Waals surface area contributed by atoms with Crippen LogP contribution in [0.5, 0.6) is 0 Å². The van der Waals surface area contributed by atoms with Gasteiger partial charge in [-0.05, 0) is 23.8 Å². The monoisotopic (exact) mass is 388 g/mol. The van der Waals surface area contributed by atoms with Crippen molar-refractivity contribution in [3.8, 4) is 0 Å². The fourth-order valence-electron chi connectivity index (χ4n) is 4.00. The van der Waals surface area contributed by atoms with Crippen LogP contribution in [0.25, 0.3) is 0 Å². The Kier molecular flexibility index (Phi) is 4.00. The van der Waals surface area contributed by atoms with Crippen LogP contribution < -0.4 is 0 Å². The lowest BCUT2D eigenvalue weighted by atomic mass is 9.84. The van der Waals surface area contributed by atoms with Gasteiger partial charge >= 0.3 is 0 Å². The smallest absolute Gasteiger partial charge is 0.283 e. The molecule has 1 N–H and O–H groups in total. The molecule has 1 aliphatic carbocycles. The summed E-state index contributed by atoms with van der Waals surface area (Å²) in [5.74, 6) is 0.238. The average Bonchev–Trinajstić information content (AvgIpc) is 3.31. The van der Waals surface area contributed by atoms with E-state index in [2.05, 4.69) is 4.40 Å². The Balaban J connectivity index is 1.80. The number of nitrogens with zero attached hydrogens (tertiary/aromatic N) is 2. The molecule has 1 aromatic carbocycles. The summed E-state index contributed by atoms with van der Waals surface area (Å²) in [5, 5.41) is 11.0. The first-order chi connectivity index (χ1) is 12.6. The quantitative estimate of drug-likeness (QED) is 0.859. The molecule has 144 valence electrons. The van der Waals surface area contributed by atoms with E-state index in [1.807, 2.05) is 20.8 Å². The summed E-state index contributed by atoms with van der Waals surface area (Å²) in [4.78, 5) is 15.0. The molecule has 7 heteroatoms. The lowest BCUT2D eigenvalue weighted by molar-refractivity contribution is -0.128. The van der Waals surface area contributed by atoms with Crippen LogP contribution in [0.15, 0.2) is 44.9 Å². The molecule has 6 nitrogen and oxygen atoms in total. The van der Waals surface area contributed by atoms with Gasteiger partial charge in [-0.25, -0.2) is 0 Å². The number of hydrogen-bond acceptors (Lipinski definition) is 4. The Morgan fingerprint density at radius 3 is 2.52 bits per heavy atom. The number of aliphatic hydroxyl groups is 1. The lowest BCUT2D eigenvalue weighted by Crippen LogP contribution is -2.44. The normalized spacial score (nSPS) is 24.4. The minimum Gasteiger partial charge on any atom is -0.509 e. The van der Waals surface area contributed by atoms with Crippen molar-refractivity contribution >= 4 is 21.6 Å². The number of carbonyl (C=O) groups is 1. The highest BCUT2D eigenvalue weighted by molar-refractivity contribution is 7.90. The lowest BCUT2D eigenvalue weighted by Gasteiger charge is -2.35. The summed E-state index contributed by atoms with van der Waals surface area (Å²) < 4.78 is 28.7. The third-order valence-electron chi connectivity index (χ3n) is 5.47. The van der Waals surface area contributed by atoms with Crippen LogP contribution in [0.4, 0.5) is 0 Å². The van der Waals surface area contributed by atoms with Crippen molar-refractivity contribution in [3.05, 3.63) is 41.2 Å². The van der Waals surface area contributed by atoms with Crippen molar-refractivity contribution in [2.24, 2.45) is 15.7 Å². The molecule has 2 heterocycles. The summed E-state index contributed by atoms with van der Waals surface area (Å²) in [5.41, 5.74) is 0.0856. The largest absolute Gasteiger partial charge is 0.509 e. The molecule has 2 aliphatic heterocycles. The number of carbonyl (C=O) groups excluding carboxylic acids is 1. The maximum atomic E-state index is 13.2. The Labute approximate surface area is 159 Å². The van der Waals surface area contributed by atoms with Crippen molar-refractivity contribution in [3.63, 3.8) is 0 Å². The summed E-state index contributed by atoms with van der Waals surface area (Å²) in [7, 11) is -3.85. The summed E-state index contributed by atoms with van der Waals surface area (Å²) >= 11 is 0. The van der Waals surface area contributed by atoms with Crippen LogP contribution in [0.2, 0.25) is 0 Å². The molecule has 0 unspecified atom stereocenters. The van der Waals surface area contributed by atoms with Crippen molar-refractivity contribution in [1.29, 1.82) is 0 Å². The Bertz CT molecular complexity index is 981. The predicted octanol–water partition coefficient (Wildman–Crippen LogP) is 3.05. The molecule has 1 amide bonds. The molecule has 0 radical (unpaired) electrons. The highest BCUT2D eigenvalue weighted by atomic mass is 32.2. The molecule has 1 atom stereocenters. The number of fused-ring (bicyclic) bond motifs is 1. The van der Waals surface area contributed by atoms with Gasteiger partial charge in [0.05, 0.1) is 10.9 Å². The van der Waals surface area contributed by atoms with Gasteiger partial charge in [0.25, 0.3) is 15.9 Å². The maximum absolute atomic E-state index is 13.2. The van der Waals surface area contributed by atoms with Crippen molar-refractivity contribution < 1.29 is 18.3 Å². The molecular weight excluding hydrogens is 364 g/mol. The van der Waals surface area contributed by atoms with Gasteiger partial charge < -0.3 is 10.0 Å². The zero-order chi connectivity index (χ0) is 19.6. The summed E-state index contributed by atoms with van der Waals surface area (Å²) in [6.07, 6.45) is 3.28. The maximum Gasteiger partial charge on any atom is 0.283 e. The molecule has 27 heavy (non-hydrogen) atoms. The molecule has 0 spiro atoms. The molecule has 1 fully saturated rings. The number of sulfonamides is 1. The van der Waals surface area contributed by atoms with E-state index in [1.54, 1.807) is 23.1 Å². The van der Waals surface area contributed by atoms with Crippen LogP contribution in [-0.2, 0) is 14.8 Å². The van der Waals surface area contributed by atoms with Crippen LogP contribution in [-0.4, -0.2) is 42.6 Å². The van der Waals surface area contributed by atoms with Gasteiger partial charge in [-0.15, -0.1) is 0 Å². The molecule has 0 aromatic heterocycles. The van der Waals surface area contributed by atoms with Gasteiger partial charge in [0.2, 0.25) is 0 Å². The van der Waals surface area contributed by atoms with E-state index in [0.717, 1.165) is 6.42 Å². The van der Waals surface area contributed by atoms with Gasteiger partial charge in [0, 0.05) is 12.1 Å². The standard InChI is InChI=1S/C20H24N2O4S/c1-20(2,3)18-17(23)15(19(24)22(18)11-10-12-8-9-12)16-13-6-4-5-7-14(13)27(25,26)21-16/h4-7,12,18,23H,8-11H2,1-3H3/t18-/m1/s1. The van der Waals surface area contributed by atoms with Crippen LogP contribution in [0.3, 0.4) is 0 Å². The Hall–Kier alpha value is -2.15. The van der Waals surface area contributed by atoms with Crippen LogP contribution in [0, 0.1) is 11.3 Å². The van der Waals surface area contributed by atoms with E-state index in [9.17, 15) is 18.3 Å². The first-order valence-electron chi connectivity index (χ1n) is 9.30. The minimum atomic E-state index is -3.85. The number of benzene rings is 1. The molecule has 3 aliphatic rings. The summed E-state index contributed by atoms with van der Waals surface area (Å²) in [6.45, 7) is 6.46. The van der Waals surface area contributed by atoms with E-state index < -0.39 is 16.1 Å². The molecule has 0 bridgehead atoms. The van der Waals surface area contributed by atoms with E-state index in [-0.39, 0.29) is 33.3 Å². The molecular formula is C20H24N2O4S. The second-order valence-electron chi connectivity index (χ2n) is 8.67. The third-order valence-corrected chi connectivity index (χ3v) is 6.80. The number of hydrogen-bond donors (Lipinski definition) is 1. The van der Waals surface area contributed by atoms with Crippen molar-refractivity contribution in [1.82, 2.24) is 4.90 Å². The van der Waals surface area contributed by atoms with E-state index in [1.165, 1.54) is 18.9 Å². The number of rotatable bonds is 4. The highest BCUT2D eigenvalue weighted by Gasteiger charge is 2.49. The van der Waals surface area contributed by atoms with Crippen molar-refractivity contribution in [2.45, 2.75) is 51.0 Å². The van der Waals surface area contributed by atoms with Gasteiger partial charge in [0.1, 0.15) is 17.0 Å². The minimum absolute atomic E-state index is 0.0271. The zero-order valence-electron chi connectivity index (χ0n) is 15.8.